The quantitative estimate of drug-likeness (QED) is 0.843. The van der Waals surface area contributed by atoms with E-state index in [1.807, 2.05) is 12.1 Å². The lowest BCUT2D eigenvalue weighted by Gasteiger charge is -2.14. The Kier molecular flexibility index (Phi) is 4.62. The summed E-state index contributed by atoms with van der Waals surface area (Å²) in [5.74, 6) is 0. The van der Waals surface area contributed by atoms with E-state index in [4.69, 9.17) is 11.6 Å². The van der Waals surface area contributed by atoms with Crippen molar-refractivity contribution in [1.29, 1.82) is 0 Å². The van der Waals surface area contributed by atoms with E-state index in [2.05, 4.69) is 56.4 Å². The molecule has 1 nitrogen and oxygen atoms in total. The average molecular weight is 274 g/mol. The summed E-state index contributed by atoms with van der Waals surface area (Å²) >= 11 is 5.96. The molecule has 0 aromatic heterocycles. The first-order valence-corrected chi connectivity index (χ1v) is 7.03. The summed E-state index contributed by atoms with van der Waals surface area (Å²) in [4.78, 5) is 0. The molecule has 0 atom stereocenters. The van der Waals surface area contributed by atoms with Crippen LogP contribution in [0.4, 0.5) is 0 Å². The van der Waals surface area contributed by atoms with Gasteiger partial charge in [0.15, 0.2) is 0 Å². The maximum Gasteiger partial charge on any atom is 0.0406 e. The lowest BCUT2D eigenvalue weighted by Crippen LogP contribution is -2.22. The SMILES string of the molecule is Cc1ccc(CNC(C)C)c(-c2ccc(Cl)cc2)c1. The van der Waals surface area contributed by atoms with Crippen LogP contribution in [0.1, 0.15) is 25.0 Å². The minimum atomic E-state index is 0.486. The van der Waals surface area contributed by atoms with Gasteiger partial charge >= 0.3 is 0 Å². The van der Waals surface area contributed by atoms with Gasteiger partial charge in [-0.25, -0.2) is 0 Å². The summed E-state index contributed by atoms with van der Waals surface area (Å²) in [5, 5.41) is 4.25. The van der Waals surface area contributed by atoms with Gasteiger partial charge in [-0.15, -0.1) is 0 Å². The molecule has 0 aliphatic carbocycles. The Morgan fingerprint density at radius 3 is 2.37 bits per heavy atom. The molecule has 0 aliphatic heterocycles. The van der Waals surface area contributed by atoms with Gasteiger partial charge in [-0.3, -0.25) is 0 Å². The van der Waals surface area contributed by atoms with Crippen LogP contribution < -0.4 is 5.32 Å². The fraction of sp³-hybridized carbons (Fsp3) is 0.294. The third kappa shape index (κ3) is 3.82. The monoisotopic (exact) mass is 273 g/mol. The number of nitrogens with one attached hydrogen (secondary N) is 1. The molecule has 100 valence electrons. The predicted octanol–water partition coefficient (Wildman–Crippen LogP) is 4.81. The van der Waals surface area contributed by atoms with Crippen molar-refractivity contribution in [3.63, 3.8) is 0 Å². The van der Waals surface area contributed by atoms with Gasteiger partial charge < -0.3 is 5.32 Å². The molecular weight excluding hydrogens is 254 g/mol. The Bertz CT molecular complexity index is 544. The Labute approximate surface area is 120 Å². The molecule has 0 heterocycles. The van der Waals surface area contributed by atoms with Crippen molar-refractivity contribution in [2.24, 2.45) is 0 Å². The van der Waals surface area contributed by atoms with Gasteiger partial charge in [0.25, 0.3) is 0 Å². The number of rotatable bonds is 4. The number of hydrogen-bond donors (Lipinski definition) is 1. The lowest BCUT2D eigenvalue weighted by atomic mass is 9.97. The van der Waals surface area contributed by atoms with Crippen molar-refractivity contribution in [2.75, 3.05) is 0 Å². The highest BCUT2D eigenvalue weighted by Gasteiger charge is 2.06. The highest BCUT2D eigenvalue weighted by atomic mass is 35.5. The van der Waals surface area contributed by atoms with E-state index in [9.17, 15) is 0 Å². The van der Waals surface area contributed by atoms with Crippen LogP contribution in [0, 0.1) is 6.92 Å². The summed E-state index contributed by atoms with van der Waals surface area (Å²) in [6.07, 6.45) is 0. The smallest absolute Gasteiger partial charge is 0.0406 e. The van der Waals surface area contributed by atoms with Crippen LogP contribution in [-0.2, 0) is 6.54 Å². The van der Waals surface area contributed by atoms with E-state index in [-0.39, 0.29) is 0 Å². The molecule has 0 saturated heterocycles. The van der Waals surface area contributed by atoms with Crippen molar-refractivity contribution in [1.82, 2.24) is 5.32 Å². The zero-order valence-electron chi connectivity index (χ0n) is 11.7. The van der Waals surface area contributed by atoms with Crippen LogP contribution >= 0.6 is 11.6 Å². The molecule has 0 saturated carbocycles. The van der Waals surface area contributed by atoms with E-state index in [1.54, 1.807) is 0 Å². The lowest BCUT2D eigenvalue weighted by molar-refractivity contribution is 0.589. The fourth-order valence-electron chi connectivity index (χ4n) is 2.06. The number of hydrogen-bond acceptors (Lipinski definition) is 1. The fourth-order valence-corrected chi connectivity index (χ4v) is 2.18. The van der Waals surface area contributed by atoms with E-state index in [1.165, 1.54) is 22.3 Å². The van der Waals surface area contributed by atoms with Crippen molar-refractivity contribution >= 4 is 11.6 Å². The minimum Gasteiger partial charge on any atom is -0.310 e. The molecule has 0 aliphatic rings. The minimum absolute atomic E-state index is 0.486. The zero-order valence-corrected chi connectivity index (χ0v) is 12.5. The molecule has 2 heteroatoms. The van der Waals surface area contributed by atoms with Crippen molar-refractivity contribution in [3.8, 4) is 11.1 Å². The Balaban J connectivity index is 2.36. The second-order valence-electron chi connectivity index (χ2n) is 5.20. The normalized spacial score (nSPS) is 11.0. The van der Waals surface area contributed by atoms with Gasteiger partial charge in [-0.1, -0.05) is 61.3 Å². The summed E-state index contributed by atoms with van der Waals surface area (Å²) in [5.41, 5.74) is 5.10. The van der Waals surface area contributed by atoms with Crippen molar-refractivity contribution in [2.45, 2.75) is 33.4 Å². The Morgan fingerprint density at radius 1 is 1.05 bits per heavy atom. The Morgan fingerprint density at radius 2 is 1.74 bits per heavy atom. The van der Waals surface area contributed by atoms with E-state index in [0.29, 0.717) is 6.04 Å². The molecule has 2 aromatic rings. The largest absolute Gasteiger partial charge is 0.310 e. The number of halogens is 1. The van der Waals surface area contributed by atoms with Gasteiger partial charge in [0, 0.05) is 17.6 Å². The van der Waals surface area contributed by atoms with Gasteiger partial charge in [-0.05, 0) is 35.7 Å². The van der Waals surface area contributed by atoms with Crippen LogP contribution in [0.25, 0.3) is 11.1 Å². The van der Waals surface area contributed by atoms with E-state index < -0.39 is 0 Å². The first kappa shape index (κ1) is 14.1. The summed E-state index contributed by atoms with van der Waals surface area (Å²) in [6.45, 7) is 7.33. The molecule has 1 N–H and O–H groups in total. The molecule has 19 heavy (non-hydrogen) atoms. The van der Waals surface area contributed by atoms with Gasteiger partial charge in [-0.2, -0.15) is 0 Å². The highest BCUT2D eigenvalue weighted by Crippen LogP contribution is 2.26. The Hall–Kier alpha value is -1.31. The van der Waals surface area contributed by atoms with Gasteiger partial charge in [0.2, 0.25) is 0 Å². The third-order valence-corrected chi connectivity index (χ3v) is 3.37. The van der Waals surface area contributed by atoms with E-state index >= 15 is 0 Å². The topological polar surface area (TPSA) is 12.0 Å². The van der Waals surface area contributed by atoms with Crippen LogP contribution in [0.15, 0.2) is 42.5 Å². The first-order chi connectivity index (χ1) is 9.06. The third-order valence-electron chi connectivity index (χ3n) is 3.12. The van der Waals surface area contributed by atoms with Crippen LogP contribution in [0.3, 0.4) is 0 Å². The molecule has 2 aromatic carbocycles. The van der Waals surface area contributed by atoms with Crippen molar-refractivity contribution in [3.05, 3.63) is 58.6 Å². The zero-order chi connectivity index (χ0) is 13.8. The maximum absolute atomic E-state index is 5.96. The summed E-state index contributed by atoms with van der Waals surface area (Å²) < 4.78 is 0. The first-order valence-electron chi connectivity index (χ1n) is 6.65. The molecular formula is C17H20ClN. The molecule has 0 bridgehead atoms. The number of aryl methyl sites for hydroxylation is 1. The predicted molar refractivity (Wildman–Crippen MR) is 83.6 cm³/mol. The van der Waals surface area contributed by atoms with Crippen molar-refractivity contribution < 1.29 is 0 Å². The van der Waals surface area contributed by atoms with Gasteiger partial charge in [0.1, 0.15) is 0 Å². The second kappa shape index (κ2) is 6.23. The molecule has 0 fully saturated rings. The van der Waals surface area contributed by atoms with Crippen LogP contribution in [0.2, 0.25) is 5.02 Å². The van der Waals surface area contributed by atoms with E-state index in [0.717, 1.165) is 11.6 Å². The summed E-state index contributed by atoms with van der Waals surface area (Å²) in [7, 11) is 0. The summed E-state index contributed by atoms with van der Waals surface area (Å²) in [6, 6.07) is 15.1. The number of benzene rings is 2. The maximum atomic E-state index is 5.96. The van der Waals surface area contributed by atoms with Crippen LogP contribution in [-0.4, -0.2) is 6.04 Å². The molecule has 0 radical (unpaired) electrons. The molecule has 0 amide bonds. The molecule has 0 unspecified atom stereocenters. The second-order valence-corrected chi connectivity index (χ2v) is 5.64. The molecule has 0 spiro atoms. The van der Waals surface area contributed by atoms with Crippen LogP contribution in [0.5, 0.6) is 0 Å². The standard InChI is InChI=1S/C17H20ClN/c1-12(2)19-11-15-5-4-13(3)10-17(15)14-6-8-16(18)9-7-14/h4-10,12,19H,11H2,1-3H3. The molecule has 2 rings (SSSR count). The highest BCUT2D eigenvalue weighted by molar-refractivity contribution is 6.30. The van der Waals surface area contributed by atoms with Gasteiger partial charge in [0.05, 0.1) is 0 Å². The average Bonchev–Trinajstić information content (AvgIpc) is 2.38.